The van der Waals surface area contributed by atoms with Gasteiger partial charge in [0.1, 0.15) is 0 Å². The summed E-state index contributed by atoms with van der Waals surface area (Å²) in [5, 5.41) is 0. The zero-order valence-electron chi connectivity index (χ0n) is 11.4. The summed E-state index contributed by atoms with van der Waals surface area (Å²) in [5.74, 6) is 0. The predicted octanol–water partition coefficient (Wildman–Crippen LogP) is 3.26. The summed E-state index contributed by atoms with van der Waals surface area (Å²) >= 11 is 6.62. The molecule has 0 unspecified atom stereocenters. The molecular weight excluding hydrogens is 238 g/mol. The van der Waals surface area contributed by atoms with Crippen molar-refractivity contribution in [2.75, 3.05) is 0 Å². The van der Waals surface area contributed by atoms with Gasteiger partial charge in [0.15, 0.2) is 0 Å². The van der Waals surface area contributed by atoms with Crippen molar-refractivity contribution in [3.8, 4) is 0 Å². The highest BCUT2D eigenvalue weighted by Gasteiger charge is 2.17. The molecule has 0 radical (unpaired) electrons. The molecule has 0 saturated carbocycles. The summed E-state index contributed by atoms with van der Waals surface area (Å²) in [6.45, 7) is 8.45. The van der Waals surface area contributed by atoms with E-state index in [1.54, 1.807) is 0 Å². The molecule has 2 aromatic rings. The fourth-order valence-corrected chi connectivity index (χ4v) is 2.76. The van der Waals surface area contributed by atoms with Gasteiger partial charge in [-0.25, -0.2) is 0 Å². The highest BCUT2D eigenvalue weighted by atomic mass is 35.5. The lowest BCUT2D eigenvalue weighted by Crippen LogP contribution is -2.37. The molecule has 2 rings (SSSR count). The van der Waals surface area contributed by atoms with Crippen LogP contribution in [-0.4, -0.2) is 6.13 Å². The molecule has 2 aromatic carbocycles. The van der Waals surface area contributed by atoms with Crippen LogP contribution in [0, 0.1) is 27.7 Å². The maximum atomic E-state index is 6.62. The number of rotatable bonds is 2. The van der Waals surface area contributed by atoms with E-state index in [1.165, 1.54) is 33.2 Å². The van der Waals surface area contributed by atoms with Gasteiger partial charge in [0.05, 0.1) is 0 Å². The third-order valence-corrected chi connectivity index (χ3v) is 3.58. The van der Waals surface area contributed by atoms with E-state index in [9.17, 15) is 0 Å². The lowest BCUT2D eigenvalue weighted by Gasteiger charge is -2.11. The predicted molar refractivity (Wildman–Crippen MR) is 82.7 cm³/mol. The maximum absolute atomic E-state index is 6.62. The van der Waals surface area contributed by atoms with Crippen molar-refractivity contribution >= 4 is 28.5 Å². The summed E-state index contributed by atoms with van der Waals surface area (Å²) in [7, 11) is 0. The van der Waals surface area contributed by atoms with Gasteiger partial charge in [0.25, 0.3) is 0 Å². The molecule has 0 aliphatic rings. The van der Waals surface area contributed by atoms with Crippen molar-refractivity contribution in [2.45, 2.75) is 27.7 Å². The smallest absolute Gasteiger partial charge is 0.182 e. The maximum Gasteiger partial charge on any atom is 0.315 e. The van der Waals surface area contributed by atoms with Crippen molar-refractivity contribution in [1.29, 1.82) is 0 Å². The molecule has 0 aliphatic carbocycles. The Labute approximate surface area is 115 Å². The van der Waals surface area contributed by atoms with Crippen molar-refractivity contribution in [2.24, 2.45) is 0 Å². The Balaban J connectivity index is 2.43. The van der Waals surface area contributed by atoms with Crippen LogP contribution < -0.4 is 10.9 Å². The van der Waals surface area contributed by atoms with Crippen molar-refractivity contribution < 1.29 is 0 Å². The third kappa shape index (κ3) is 2.97. The Hall–Kier alpha value is -1.21. The average molecular weight is 257 g/mol. The minimum atomic E-state index is -0.0674. The van der Waals surface area contributed by atoms with E-state index in [2.05, 4.69) is 64.1 Å². The lowest BCUT2D eigenvalue weighted by molar-refractivity contribution is 1.40. The highest BCUT2D eigenvalue weighted by Crippen LogP contribution is 2.06. The van der Waals surface area contributed by atoms with Crippen LogP contribution in [0.15, 0.2) is 36.4 Å². The topological polar surface area (TPSA) is 0 Å². The van der Waals surface area contributed by atoms with Crippen molar-refractivity contribution in [1.82, 2.24) is 0 Å². The molecule has 0 N–H and O–H groups in total. The molecule has 0 atom stereocenters. The Bertz CT molecular complexity index is 483. The average Bonchev–Trinajstić information content (AvgIpc) is 2.25. The number of hydrogen-bond acceptors (Lipinski definition) is 0. The van der Waals surface area contributed by atoms with Gasteiger partial charge >= 0.3 is 6.13 Å². The lowest BCUT2D eigenvalue weighted by atomic mass is 9.61. The first-order chi connectivity index (χ1) is 8.45. The van der Waals surface area contributed by atoms with Gasteiger partial charge in [-0.1, -0.05) is 69.6 Å². The molecular formula is C16H18BCl. The number of benzene rings is 2. The molecule has 0 aliphatic heterocycles. The minimum Gasteiger partial charge on any atom is -0.182 e. The van der Waals surface area contributed by atoms with Crippen molar-refractivity contribution in [3.05, 3.63) is 58.7 Å². The Kier molecular flexibility index (Phi) is 3.82. The van der Waals surface area contributed by atoms with E-state index < -0.39 is 0 Å². The molecule has 0 bridgehead atoms. The zero-order valence-corrected chi connectivity index (χ0v) is 12.2. The van der Waals surface area contributed by atoms with Crippen LogP contribution in [0.5, 0.6) is 0 Å². The largest absolute Gasteiger partial charge is 0.315 e. The molecule has 0 heterocycles. The summed E-state index contributed by atoms with van der Waals surface area (Å²) in [6.07, 6.45) is -0.0674. The Morgan fingerprint density at radius 2 is 0.889 bits per heavy atom. The van der Waals surface area contributed by atoms with Crippen LogP contribution in [0.4, 0.5) is 0 Å². The van der Waals surface area contributed by atoms with E-state index in [1.807, 2.05) is 0 Å². The summed E-state index contributed by atoms with van der Waals surface area (Å²) in [4.78, 5) is 0. The molecule has 0 spiro atoms. The first-order valence-electron chi connectivity index (χ1n) is 6.26. The van der Waals surface area contributed by atoms with Gasteiger partial charge in [-0.3, -0.25) is 0 Å². The first kappa shape index (κ1) is 13.2. The first-order valence-corrected chi connectivity index (χ1v) is 6.70. The SMILES string of the molecule is Cc1cc(C)cc(B(Cl)c2cc(C)cc(C)c2)c1. The van der Waals surface area contributed by atoms with Gasteiger partial charge < -0.3 is 0 Å². The Morgan fingerprint density at radius 1 is 0.611 bits per heavy atom. The van der Waals surface area contributed by atoms with E-state index in [0.29, 0.717) is 0 Å². The number of halogens is 1. The number of aryl methyl sites for hydroxylation is 4. The molecule has 18 heavy (non-hydrogen) atoms. The van der Waals surface area contributed by atoms with E-state index in [-0.39, 0.29) is 6.13 Å². The van der Waals surface area contributed by atoms with Crippen LogP contribution in [0.1, 0.15) is 22.3 Å². The molecule has 0 aromatic heterocycles. The van der Waals surface area contributed by atoms with Crippen molar-refractivity contribution in [3.63, 3.8) is 0 Å². The molecule has 92 valence electrons. The monoisotopic (exact) mass is 256 g/mol. The quantitative estimate of drug-likeness (QED) is 0.724. The fraction of sp³-hybridized carbons (Fsp3) is 0.250. The second-order valence-corrected chi connectivity index (χ2v) is 5.64. The van der Waals surface area contributed by atoms with Crippen LogP contribution >= 0.6 is 11.5 Å². The molecule has 2 heteroatoms. The standard InChI is InChI=1S/C16H18BCl/c1-11-5-12(2)8-15(7-11)17(18)16-9-13(3)6-14(4)10-16/h5-10H,1-4H3. The molecule has 0 nitrogen and oxygen atoms in total. The molecule has 0 fully saturated rings. The van der Waals surface area contributed by atoms with Gasteiger partial charge in [-0.2, -0.15) is 11.5 Å². The molecule has 0 amide bonds. The third-order valence-electron chi connectivity index (χ3n) is 3.07. The zero-order chi connectivity index (χ0) is 13.3. The second kappa shape index (κ2) is 5.20. The van der Waals surface area contributed by atoms with Gasteiger partial charge in [0, 0.05) is 0 Å². The number of hydrogen-bond donors (Lipinski definition) is 0. The van der Waals surface area contributed by atoms with Gasteiger partial charge in [0.2, 0.25) is 0 Å². The summed E-state index contributed by atoms with van der Waals surface area (Å²) < 4.78 is 0. The van der Waals surface area contributed by atoms with E-state index in [0.717, 1.165) is 0 Å². The summed E-state index contributed by atoms with van der Waals surface area (Å²) in [5.41, 5.74) is 7.42. The van der Waals surface area contributed by atoms with Crippen LogP contribution in [0.2, 0.25) is 0 Å². The van der Waals surface area contributed by atoms with Crippen LogP contribution in [-0.2, 0) is 0 Å². The highest BCUT2D eigenvalue weighted by molar-refractivity contribution is 7.21. The fourth-order valence-electron chi connectivity index (χ4n) is 2.50. The van der Waals surface area contributed by atoms with Gasteiger partial charge in [-0.15, -0.1) is 0 Å². The normalized spacial score (nSPS) is 10.5. The van der Waals surface area contributed by atoms with E-state index >= 15 is 0 Å². The second-order valence-electron chi connectivity index (χ2n) is 5.20. The molecule has 0 saturated heterocycles. The van der Waals surface area contributed by atoms with Crippen LogP contribution in [0.3, 0.4) is 0 Å². The minimum absolute atomic E-state index is 0.0674. The van der Waals surface area contributed by atoms with E-state index in [4.69, 9.17) is 11.5 Å². The Morgan fingerprint density at radius 3 is 1.17 bits per heavy atom. The van der Waals surface area contributed by atoms with Crippen LogP contribution in [0.25, 0.3) is 0 Å². The van der Waals surface area contributed by atoms with Gasteiger partial charge in [-0.05, 0) is 27.7 Å². The summed E-state index contributed by atoms with van der Waals surface area (Å²) in [6, 6.07) is 13.0.